The van der Waals surface area contributed by atoms with Gasteiger partial charge in [0, 0.05) is 4.47 Å². The summed E-state index contributed by atoms with van der Waals surface area (Å²) in [6.45, 7) is 3.44. The molecule has 0 fully saturated rings. The minimum Gasteiger partial charge on any atom is -0.323 e. The summed E-state index contributed by atoms with van der Waals surface area (Å²) >= 11 is 3.36. The van der Waals surface area contributed by atoms with Gasteiger partial charge in [-0.15, -0.1) is 0 Å². The van der Waals surface area contributed by atoms with Gasteiger partial charge in [0.2, 0.25) is 15.9 Å². The maximum atomic E-state index is 12.6. The van der Waals surface area contributed by atoms with Crippen molar-refractivity contribution >= 4 is 43.2 Å². The minimum absolute atomic E-state index is 0.408. The third-order valence-corrected chi connectivity index (χ3v) is 5.41. The number of hydrogen-bond acceptors (Lipinski definition) is 3. The molecule has 0 unspecified atom stereocenters. The quantitative estimate of drug-likeness (QED) is 0.819. The Morgan fingerprint density at radius 2 is 1.83 bits per heavy atom. The van der Waals surface area contributed by atoms with Crippen LogP contribution in [0.15, 0.2) is 53.0 Å². The van der Waals surface area contributed by atoms with Crippen LogP contribution in [0, 0.1) is 6.92 Å². The molecule has 7 heteroatoms. The number of nitrogens with zero attached hydrogens (tertiary/aromatic N) is 1. The van der Waals surface area contributed by atoms with Crippen LogP contribution >= 0.6 is 15.9 Å². The van der Waals surface area contributed by atoms with Crippen LogP contribution in [0.2, 0.25) is 0 Å². The summed E-state index contributed by atoms with van der Waals surface area (Å²) in [5.41, 5.74) is 1.97. The van der Waals surface area contributed by atoms with Gasteiger partial charge in [-0.25, -0.2) is 8.42 Å². The van der Waals surface area contributed by atoms with E-state index in [1.807, 2.05) is 19.1 Å². The van der Waals surface area contributed by atoms with Gasteiger partial charge in [0.25, 0.3) is 0 Å². The largest absolute Gasteiger partial charge is 0.323 e. The number of anilines is 2. The molecular weight excluding hydrogens is 392 g/mol. The van der Waals surface area contributed by atoms with Crippen LogP contribution in [0.5, 0.6) is 0 Å². The molecule has 0 saturated carbocycles. The molecule has 2 rings (SSSR count). The summed E-state index contributed by atoms with van der Waals surface area (Å²) in [4.78, 5) is 12.6. The lowest BCUT2D eigenvalue weighted by atomic mass is 10.2. The molecular formula is C17H19BrN2O3S. The van der Waals surface area contributed by atoms with Gasteiger partial charge < -0.3 is 5.32 Å². The molecule has 0 heterocycles. The molecule has 0 spiro atoms. The number of nitrogens with one attached hydrogen (secondary N) is 1. The Kier molecular flexibility index (Phi) is 5.66. The van der Waals surface area contributed by atoms with Crippen LogP contribution in [-0.4, -0.2) is 26.6 Å². The molecule has 0 saturated heterocycles. The van der Waals surface area contributed by atoms with Gasteiger partial charge in [0.15, 0.2) is 0 Å². The minimum atomic E-state index is -3.62. The average molecular weight is 411 g/mol. The predicted octanol–water partition coefficient (Wildman–Crippen LogP) is 3.55. The van der Waals surface area contributed by atoms with E-state index < -0.39 is 22.0 Å². The van der Waals surface area contributed by atoms with Crippen molar-refractivity contribution in [3.63, 3.8) is 0 Å². The standard InChI is InChI=1S/C17H19BrN2O3S/c1-12-7-6-8-14(11-12)20(24(3,22)23)13(2)17(21)19-16-10-5-4-9-15(16)18/h4-11,13H,1-3H3,(H,19,21)/t13-/m1/s1. The Bertz CT molecular complexity index is 852. The zero-order chi connectivity index (χ0) is 17.9. The van der Waals surface area contributed by atoms with E-state index in [4.69, 9.17) is 0 Å². The summed E-state index contributed by atoms with van der Waals surface area (Å²) in [6, 6.07) is 13.3. The maximum Gasteiger partial charge on any atom is 0.248 e. The molecule has 128 valence electrons. The number of benzene rings is 2. The molecule has 0 aliphatic carbocycles. The van der Waals surface area contributed by atoms with E-state index in [1.54, 1.807) is 43.3 Å². The van der Waals surface area contributed by atoms with Gasteiger partial charge in [0.1, 0.15) is 6.04 Å². The Labute approximate surface area is 150 Å². The van der Waals surface area contributed by atoms with Crippen molar-refractivity contribution in [2.75, 3.05) is 15.9 Å². The zero-order valence-electron chi connectivity index (χ0n) is 13.7. The van der Waals surface area contributed by atoms with Crippen molar-refractivity contribution < 1.29 is 13.2 Å². The first kappa shape index (κ1) is 18.5. The highest BCUT2D eigenvalue weighted by atomic mass is 79.9. The second kappa shape index (κ2) is 7.36. The van der Waals surface area contributed by atoms with Crippen molar-refractivity contribution in [3.8, 4) is 0 Å². The number of aryl methyl sites for hydroxylation is 1. The first-order chi connectivity index (χ1) is 11.2. The normalized spacial score (nSPS) is 12.5. The average Bonchev–Trinajstić information content (AvgIpc) is 2.48. The van der Waals surface area contributed by atoms with E-state index in [2.05, 4.69) is 21.2 Å². The molecule has 0 radical (unpaired) electrons. The van der Waals surface area contributed by atoms with Gasteiger partial charge in [-0.1, -0.05) is 24.3 Å². The Morgan fingerprint density at radius 3 is 2.42 bits per heavy atom. The summed E-state index contributed by atoms with van der Waals surface area (Å²) in [7, 11) is -3.62. The number of rotatable bonds is 5. The van der Waals surface area contributed by atoms with Gasteiger partial charge in [-0.05, 0) is 59.6 Å². The van der Waals surface area contributed by atoms with Crippen LogP contribution in [0.25, 0.3) is 0 Å². The van der Waals surface area contributed by atoms with Crippen LogP contribution in [-0.2, 0) is 14.8 Å². The molecule has 0 aromatic heterocycles. The van der Waals surface area contributed by atoms with Crippen molar-refractivity contribution in [3.05, 3.63) is 58.6 Å². The van der Waals surface area contributed by atoms with Gasteiger partial charge in [0.05, 0.1) is 17.6 Å². The number of sulfonamides is 1. The molecule has 0 aliphatic rings. The lowest BCUT2D eigenvalue weighted by molar-refractivity contribution is -0.116. The fourth-order valence-electron chi connectivity index (χ4n) is 2.37. The van der Waals surface area contributed by atoms with E-state index in [-0.39, 0.29) is 0 Å². The number of carbonyl (C=O) groups excluding carboxylic acids is 1. The Morgan fingerprint density at radius 1 is 1.17 bits per heavy atom. The van der Waals surface area contributed by atoms with Gasteiger partial charge in [-0.2, -0.15) is 0 Å². The maximum absolute atomic E-state index is 12.6. The van der Waals surface area contributed by atoms with Crippen LogP contribution in [0.3, 0.4) is 0 Å². The fraction of sp³-hybridized carbons (Fsp3) is 0.235. The van der Waals surface area contributed by atoms with Crippen LogP contribution in [0.1, 0.15) is 12.5 Å². The summed E-state index contributed by atoms with van der Waals surface area (Å²) in [5.74, 6) is -0.408. The van der Waals surface area contributed by atoms with Crippen LogP contribution in [0.4, 0.5) is 11.4 Å². The van der Waals surface area contributed by atoms with Gasteiger partial charge >= 0.3 is 0 Å². The third-order valence-electron chi connectivity index (χ3n) is 3.48. The van der Waals surface area contributed by atoms with Crippen molar-refractivity contribution in [1.29, 1.82) is 0 Å². The molecule has 1 N–H and O–H groups in total. The lowest BCUT2D eigenvalue weighted by Gasteiger charge is -2.28. The first-order valence-corrected chi connectivity index (χ1v) is 9.96. The van der Waals surface area contributed by atoms with Crippen molar-refractivity contribution in [2.45, 2.75) is 19.9 Å². The topological polar surface area (TPSA) is 66.5 Å². The number of amides is 1. The van der Waals surface area contributed by atoms with E-state index in [1.165, 1.54) is 0 Å². The van der Waals surface area contributed by atoms with E-state index in [0.29, 0.717) is 11.4 Å². The molecule has 5 nitrogen and oxygen atoms in total. The SMILES string of the molecule is Cc1cccc(N([C@H](C)C(=O)Nc2ccccc2Br)S(C)(=O)=O)c1. The summed E-state index contributed by atoms with van der Waals surface area (Å²) < 4.78 is 26.4. The predicted molar refractivity (Wildman–Crippen MR) is 101 cm³/mol. The lowest BCUT2D eigenvalue weighted by Crippen LogP contribution is -2.45. The fourth-order valence-corrected chi connectivity index (χ4v) is 3.92. The summed E-state index contributed by atoms with van der Waals surface area (Å²) in [5, 5.41) is 2.75. The molecule has 24 heavy (non-hydrogen) atoms. The molecule has 2 aromatic carbocycles. The highest BCUT2D eigenvalue weighted by molar-refractivity contribution is 9.10. The number of halogens is 1. The highest BCUT2D eigenvalue weighted by Gasteiger charge is 2.29. The Balaban J connectivity index is 2.33. The van der Waals surface area contributed by atoms with E-state index >= 15 is 0 Å². The summed E-state index contributed by atoms with van der Waals surface area (Å²) in [6.07, 6.45) is 1.09. The molecule has 2 aromatic rings. The van der Waals surface area contributed by atoms with Crippen LogP contribution < -0.4 is 9.62 Å². The molecule has 0 aliphatic heterocycles. The smallest absolute Gasteiger partial charge is 0.248 e. The van der Waals surface area contributed by atoms with Crippen molar-refractivity contribution in [1.82, 2.24) is 0 Å². The third kappa shape index (κ3) is 4.36. The second-order valence-corrected chi connectivity index (χ2v) is 8.26. The Hall–Kier alpha value is -1.86. The van der Waals surface area contributed by atoms with Crippen molar-refractivity contribution in [2.24, 2.45) is 0 Å². The van der Waals surface area contributed by atoms with E-state index in [0.717, 1.165) is 20.6 Å². The molecule has 1 amide bonds. The highest BCUT2D eigenvalue weighted by Crippen LogP contribution is 2.25. The van der Waals surface area contributed by atoms with E-state index in [9.17, 15) is 13.2 Å². The number of carbonyl (C=O) groups is 1. The second-order valence-electron chi connectivity index (χ2n) is 5.54. The number of para-hydroxylation sites is 1. The first-order valence-electron chi connectivity index (χ1n) is 7.31. The molecule has 1 atom stereocenters. The van der Waals surface area contributed by atoms with Gasteiger partial charge in [-0.3, -0.25) is 9.10 Å². The number of hydrogen-bond donors (Lipinski definition) is 1. The zero-order valence-corrected chi connectivity index (χ0v) is 16.1. The monoisotopic (exact) mass is 410 g/mol. The molecule has 0 bridgehead atoms.